The number of ether oxygens (including phenoxy) is 2. The Bertz CT molecular complexity index is 505. The van der Waals surface area contributed by atoms with Crippen LogP contribution in [0.4, 0.5) is 8.78 Å². The fourth-order valence-electron chi connectivity index (χ4n) is 2.00. The van der Waals surface area contributed by atoms with Crippen molar-refractivity contribution in [1.29, 1.82) is 0 Å². The van der Waals surface area contributed by atoms with Crippen LogP contribution in [0.1, 0.15) is 12.5 Å². The van der Waals surface area contributed by atoms with Gasteiger partial charge in [-0.25, -0.2) is 9.98 Å². The van der Waals surface area contributed by atoms with E-state index in [0.717, 1.165) is 0 Å². The molecule has 6 nitrogen and oxygen atoms in total. The second-order valence-electron chi connectivity index (χ2n) is 4.68. The first-order valence-electron chi connectivity index (χ1n) is 6.61. The molecule has 1 aromatic rings. The van der Waals surface area contributed by atoms with E-state index in [4.69, 9.17) is 10.5 Å². The molecule has 1 aromatic heterocycles. The van der Waals surface area contributed by atoms with Crippen LogP contribution in [0.15, 0.2) is 23.3 Å². The molecular formula is C13H19F2IN4O2. The van der Waals surface area contributed by atoms with Crippen molar-refractivity contribution >= 4 is 29.9 Å². The van der Waals surface area contributed by atoms with Crippen molar-refractivity contribution in [2.45, 2.75) is 26.2 Å². The fourth-order valence-corrected chi connectivity index (χ4v) is 2.00. The Morgan fingerprint density at radius 2 is 2.41 bits per heavy atom. The highest BCUT2D eigenvalue weighted by molar-refractivity contribution is 14.0. The van der Waals surface area contributed by atoms with E-state index in [-0.39, 0.29) is 42.5 Å². The van der Waals surface area contributed by atoms with Crippen LogP contribution in [0.25, 0.3) is 0 Å². The first-order chi connectivity index (χ1) is 10.0. The lowest BCUT2D eigenvalue weighted by atomic mass is 10.2. The largest absolute Gasteiger partial charge is 0.417 e. The van der Waals surface area contributed by atoms with E-state index in [1.807, 2.05) is 11.8 Å². The third-order valence-electron chi connectivity index (χ3n) is 3.00. The highest BCUT2D eigenvalue weighted by Gasteiger charge is 2.17. The van der Waals surface area contributed by atoms with Crippen LogP contribution >= 0.6 is 24.0 Å². The molecule has 1 aliphatic rings. The van der Waals surface area contributed by atoms with Gasteiger partial charge < -0.3 is 20.1 Å². The van der Waals surface area contributed by atoms with Crippen LogP contribution in [-0.4, -0.2) is 48.3 Å². The zero-order valence-electron chi connectivity index (χ0n) is 12.1. The number of alkyl halides is 2. The molecule has 124 valence electrons. The van der Waals surface area contributed by atoms with Gasteiger partial charge in [0, 0.05) is 25.4 Å². The first kappa shape index (κ1) is 18.8. The minimum atomic E-state index is -2.89. The first-order valence-corrected chi connectivity index (χ1v) is 6.61. The average molecular weight is 428 g/mol. The van der Waals surface area contributed by atoms with E-state index in [0.29, 0.717) is 31.2 Å². The summed E-state index contributed by atoms with van der Waals surface area (Å²) in [5.74, 6) is 0.287. The number of nitrogens with two attached hydrogens (primary N) is 1. The Balaban J connectivity index is 0.00000242. The maximum absolute atomic E-state index is 12.1. The van der Waals surface area contributed by atoms with E-state index >= 15 is 0 Å². The number of rotatable bonds is 4. The van der Waals surface area contributed by atoms with Crippen molar-refractivity contribution in [3.05, 3.63) is 23.9 Å². The second kappa shape index (κ2) is 9.03. The Labute approximate surface area is 144 Å². The minimum absolute atomic E-state index is 0. The lowest BCUT2D eigenvalue weighted by Crippen LogP contribution is -2.47. The van der Waals surface area contributed by atoms with Gasteiger partial charge >= 0.3 is 6.61 Å². The molecule has 9 heteroatoms. The van der Waals surface area contributed by atoms with E-state index in [1.54, 1.807) is 6.07 Å². The van der Waals surface area contributed by atoms with E-state index in [1.165, 1.54) is 12.3 Å². The molecule has 1 unspecified atom stereocenters. The van der Waals surface area contributed by atoms with Crippen molar-refractivity contribution in [2.24, 2.45) is 10.7 Å². The van der Waals surface area contributed by atoms with Crippen LogP contribution in [0.3, 0.4) is 0 Å². The van der Waals surface area contributed by atoms with Gasteiger partial charge in [-0.15, -0.1) is 24.0 Å². The number of aliphatic imine (C=N–C) groups is 1. The van der Waals surface area contributed by atoms with Crippen LogP contribution < -0.4 is 10.5 Å². The molecule has 0 aromatic carbocycles. The molecule has 2 heterocycles. The smallest absolute Gasteiger partial charge is 0.388 e. The molecule has 1 saturated heterocycles. The Kier molecular flexibility index (Phi) is 7.73. The molecular weight excluding hydrogens is 409 g/mol. The fraction of sp³-hybridized carbons (Fsp3) is 0.538. The van der Waals surface area contributed by atoms with Crippen molar-refractivity contribution in [2.75, 3.05) is 19.7 Å². The summed E-state index contributed by atoms with van der Waals surface area (Å²) in [6.45, 7) is 1.34. The number of halogens is 3. The van der Waals surface area contributed by atoms with Gasteiger partial charge in [-0.2, -0.15) is 8.78 Å². The van der Waals surface area contributed by atoms with E-state index in [2.05, 4.69) is 14.7 Å². The van der Waals surface area contributed by atoms with Gasteiger partial charge in [0.1, 0.15) is 0 Å². The number of aromatic nitrogens is 1. The van der Waals surface area contributed by atoms with Gasteiger partial charge in [-0.3, -0.25) is 0 Å². The molecule has 1 fully saturated rings. The van der Waals surface area contributed by atoms with Gasteiger partial charge in [0.15, 0.2) is 5.96 Å². The number of morpholine rings is 1. The molecule has 22 heavy (non-hydrogen) atoms. The van der Waals surface area contributed by atoms with Gasteiger partial charge in [-0.05, 0) is 18.6 Å². The van der Waals surface area contributed by atoms with Gasteiger partial charge in [-0.1, -0.05) is 0 Å². The summed E-state index contributed by atoms with van der Waals surface area (Å²) in [4.78, 5) is 9.90. The summed E-state index contributed by atoms with van der Waals surface area (Å²) in [7, 11) is 0. The third-order valence-corrected chi connectivity index (χ3v) is 3.00. The maximum atomic E-state index is 12.1. The van der Waals surface area contributed by atoms with Crippen LogP contribution in [-0.2, 0) is 11.3 Å². The molecule has 0 aliphatic carbocycles. The summed E-state index contributed by atoms with van der Waals surface area (Å²) in [5, 5.41) is 0. The Hall–Kier alpha value is -1.23. The predicted octanol–water partition coefficient (Wildman–Crippen LogP) is 1.84. The molecule has 0 spiro atoms. The molecule has 1 atom stereocenters. The SMILES string of the molecule is CC1CN(C(N)=NCc2ccnc(OC(F)F)c2)CCO1.I. The topological polar surface area (TPSA) is 73.0 Å². The summed E-state index contributed by atoms with van der Waals surface area (Å²) in [5.41, 5.74) is 6.63. The lowest BCUT2D eigenvalue weighted by Gasteiger charge is -2.31. The zero-order chi connectivity index (χ0) is 15.2. The third kappa shape index (κ3) is 5.87. The number of nitrogens with zero attached hydrogens (tertiary/aromatic N) is 3. The number of hydrogen-bond acceptors (Lipinski definition) is 4. The maximum Gasteiger partial charge on any atom is 0.388 e. The van der Waals surface area contributed by atoms with E-state index < -0.39 is 6.61 Å². The van der Waals surface area contributed by atoms with Crippen LogP contribution in [0.2, 0.25) is 0 Å². The van der Waals surface area contributed by atoms with Gasteiger partial charge in [0.2, 0.25) is 5.88 Å². The van der Waals surface area contributed by atoms with Crippen molar-refractivity contribution in [1.82, 2.24) is 9.88 Å². The molecule has 2 N–H and O–H groups in total. The summed E-state index contributed by atoms with van der Waals surface area (Å²) in [6, 6.07) is 3.10. The van der Waals surface area contributed by atoms with Crippen molar-refractivity contribution in [3.8, 4) is 5.88 Å². The number of guanidine groups is 1. The van der Waals surface area contributed by atoms with Crippen molar-refractivity contribution in [3.63, 3.8) is 0 Å². The van der Waals surface area contributed by atoms with Crippen LogP contribution in [0.5, 0.6) is 5.88 Å². The van der Waals surface area contributed by atoms with Crippen molar-refractivity contribution < 1.29 is 18.3 Å². The number of hydrogen-bond donors (Lipinski definition) is 1. The Morgan fingerprint density at radius 1 is 1.64 bits per heavy atom. The monoisotopic (exact) mass is 428 g/mol. The normalized spacial score (nSPS) is 19.0. The van der Waals surface area contributed by atoms with Gasteiger partial charge in [0.05, 0.1) is 19.3 Å². The summed E-state index contributed by atoms with van der Waals surface area (Å²) >= 11 is 0. The second-order valence-corrected chi connectivity index (χ2v) is 4.68. The molecule has 0 bridgehead atoms. The minimum Gasteiger partial charge on any atom is -0.417 e. The molecule has 0 amide bonds. The van der Waals surface area contributed by atoms with Crippen LogP contribution in [0, 0.1) is 0 Å². The average Bonchev–Trinajstić information content (AvgIpc) is 2.44. The summed E-state index contributed by atoms with van der Waals surface area (Å²) < 4.78 is 33.9. The highest BCUT2D eigenvalue weighted by atomic mass is 127. The zero-order valence-corrected chi connectivity index (χ0v) is 14.4. The predicted molar refractivity (Wildman–Crippen MR) is 88.6 cm³/mol. The molecule has 0 radical (unpaired) electrons. The quantitative estimate of drug-likeness (QED) is 0.450. The molecule has 0 saturated carbocycles. The number of pyridine rings is 1. The lowest BCUT2D eigenvalue weighted by molar-refractivity contribution is -0.0528. The summed E-state index contributed by atoms with van der Waals surface area (Å²) in [6.07, 6.45) is 1.51. The highest BCUT2D eigenvalue weighted by Crippen LogP contribution is 2.13. The van der Waals surface area contributed by atoms with E-state index in [9.17, 15) is 8.78 Å². The molecule has 2 rings (SSSR count). The Morgan fingerprint density at radius 3 is 3.09 bits per heavy atom. The molecule has 1 aliphatic heterocycles. The standard InChI is InChI=1S/C13H18F2N4O2.HI/c1-9-8-19(4-5-20-9)13(16)18-7-10-2-3-17-11(6-10)21-12(14)15;/h2-3,6,9,12H,4-5,7-8H2,1H3,(H2,16,18);1H. The van der Waals surface area contributed by atoms with Gasteiger partial charge in [0.25, 0.3) is 0 Å².